The lowest BCUT2D eigenvalue weighted by Gasteiger charge is -2.32. The van der Waals surface area contributed by atoms with Gasteiger partial charge < -0.3 is 20.6 Å². The van der Waals surface area contributed by atoms with Crippen molar-refractivity contribution >= 4 is 23.3 Å². The highest BCUT2D eigenvalue weighted by Crippen LogP contribution is 2.34. The molecular weight excluding hydrogens is 414 g/mol. The van der Waals surface area contributed by atoms with E-state index in [4.69, 9.17) is 4.98 Å². The van der Waals surface area contributed by atoms with Crippen molar-refractivity contribution in [1.82, 2.24) is 24.6 Å². The summed E-state index contributed by atoms with van der Waals surface area (Å²) in [5.74, 6) is 2.79. The largest absolute Gasteiger partial charge is 0.395 e. The average Bonchev–Trinajstić information content (AvgIpc) is 3.10. The molecule has 3 aromatic rings. The molecule has 0 aliphatic carbocycles. The van der Waals surface area contributed by atoms with Gasteiger partial charge in [0, 0.05) is 37.1 Å². The van der Waals surface area contributed by atoms with Crippen LogP contribution in [0.2, 0.25) is 0 Å². The average molecular weight is 450 g/mol. The first kappa shape index (κ1) is 23.2. The molecule has 3 N–H and O–H groups in total. The highest BCUT2D eigenvalue weighted by atomic mass is 16.3. The summed E-state index contributed by atoms with van der Waals surface area (Å²) in [6, 6.07) is 6.52. The monoisotopic (exact) mass is 449 g/mol. The zero-order chi connectivity index (χ0) is 23.5. The lowest BCUT2D eigenvalue weighted by molar-refractivity contribution is 0.164. The van der Waals surface area contributed by atoms with Gasteiger partial charge >= 0.3 is 0 Å². The lowest BCUT2D eigenvalue weighted by Crippen LogP contribution is -2.35. The van der Waals surface area contributed by atoms with Crippen LogP contribution in [0.25, 0.3) is 0 Å². The molecule has 0 spiro atoms. The summed E-state index contributed by atoms with van der Waals surface area (Å²) in [5.41, 5.74) is 6.86. The zero-order valence-corrected chi connectivity index (χ0v) is 20.3. The van der Waals surface area contributed by atoms with E-state index in [9.17, 15) is 5.11 Å². The smallest absolute Gasteiger partial charge is 0.229 e. The Morgan fingerprint density at radius 2 is 1.76 bits per heavy atom. The molecule has 0 bridgehead atoms. The maximum absolute atomic E-state index is 9.19. The number of piperidine rings is 1. The molecule has 0 radical (unpaired) electrons. The van der Waals surface area contributed by atoms with Gasteiger partial charge in [0.15, 0.2) is 0 Å². The van der Waals surface area contributed by atoms with Crippen LogP contribution >= 0.6 is 0 Å². The van der Waals surface area contributed by atoms with Gasteiger partial charge in [0.2, 0.25) is 5.95 Å². The van der Waals surface area contributed by atoms with Crippen molar-refractivity contribution < 1.29 is 5.11 Å². The summed E-state index contributed by atoms with van der Waals surface area (Å²) in [4.78, 5) is 11.6. The number of hydrogen-bond donors (Lipinski definition) is 3. The molecule has 1 fully saturated rings. The molecule has 8 nitrogen and oxygen atoms in total. The van der Waals surface area contributed by atoms with Gasteiger partial charge in [0.25, 0.3) is 0 Å². The maximum Gasteiger partial charge on any atom is 0.229 e. The number of rotatable bonds is 7. The molecule has 1 aliphatic rings. The molecule has 3 heterocycles. The van der Waals surface area contributed by atoms with Crippen molar-refractivity contribution in [2.75, 3.05) is 36.9 Å². The van der Waals surface area contributed by atoms with Gasteiger partial charge in [-0.3, -0.25) is 4.68 Å². The summed E-state index contributed by atoms with van der Waals surface area (Å²) in [6.07, 6.45) is 4.10. The van der Waals surface area contributed by atoms with Crippen LogP contribution in [-0.2, 0) is 7.05 Å². The molecule has 0 saturated carbocycles. The minimum atomic E-state index is 0.239. The standard InChI is InChI=1S/C25H35N7O/c1-16-13-22(17(2)12-21(16)20-6-8-32(9-7-20)10-11-33)27-25-26-15-18(3)24(29-25)28-23-14-19(4)30-31(23)5/h12-15,20,33H,6-11H2,1-5H3,(H2,26,27,28,29). The van der Waals surface area contributed by atoms with Crippen molar-refractivity contribution in [2.45, 2.75) is 46.5 Å². The van der Waals surface area contributed by atoms with Crippen molar-refractivity contribution in [2.24, 2.45) is 7.05 Å². The number of aromatic nitrogens is 4. The quantitative estimate of drug-likeness (QED) is 0.500. The number of aliphatic hydroxyl groups excluding tert-OH is 1. The fraction of sp³-hybridized carbons (Fsp3) is 0.480. The zero-order valence-electron chi connectivity index (χ0n) is 20.3. The number of nitrogens with zero attached hydrogens (tertiary/aromatic N) is 5. The normalized spacial score (nSPS) is 15.1. The first-order chi connectivity index (χ1) is 15.8. The number of aryl methyl sites for hydroxylation is 5. The number of likely N-dealkylation sites (tertiary alicyclic amines) is 1. The highest BCUT2D eigenvalue weighted by molar-refractivity contribution is 5.64. The predicted octanol–water partition coefficient (Wildman–Crippen LogP) is 4.10. The first-order valence-electron chi connectivity index (χ1n) is 11.7. The number of nitrogens with one attached hydrogen (secondary N) is 2. The van der Waals surface area contributed by atoms with Gasteiger partial charge in [-0.05, 0) is 82.3 Å². The minimum Gasteiger partial charge on any atom is -0.395 e. The van der Waals surface area contributed by atoms with E-state index >= 15 is 0 Å². The van der Waals surface area contributed by atoms with E-state index in [1.807, 2.05) is 37.8 Å². The van der Waals surface area contributed by atoms with Crippen LogP contribution in [0.3, 0.4) is 0 Å². The van der Waals surface area contributed by atoms with Gasteiger partial charge in [-0.1, -0.05) is 6.07 Å². The molecule has 2 aromatic heterocycles. The Morgan fingerprint density at radius 3 is 2.42 bits per heavy atom. The molecule has 1 saturated heterocycles. The second-order valence-electron chi connectivity index (χ2n) is 9.13. The van der Waals surface area contributed by atoms with E-state index in [1.54, 1.807) is 0 Å². The second kappa shape index (κ2) is 9.89. The van der Waals surface area contributed by atoms with Gasteiger partial charge in [-0.2, -0.15) is 10.1 Å². The third kappa shape index (κ3) is 5.34. The van der Waals surface area contributed by atoms with Crippen LogP contribution in [0.4, 0.5) is 23.3 Å². The molecule has 1 aromatic carbocycles. The molecule has 0 amide bonds. The SMILES string of the molecule is Cc1cc(Nc2nc(Nc3cc(C)c(C4CCN(CCO)CC4)cc3C)ncc2C)n(C)n1. The summed E-state index contributed by atoms with van der Waals surface area (Å²) in [6.45, 7) is 11.4. The predicted molar refractivity (Wildman–Crippen MR) is 133 cm³/mol. The number of anilines is 4. The third-order valence-electron chi connectivity index (χ3n) is 6.52. The Hall–Kier alpha value is -2.97. The number of β-amino-alcohol motifs (C(OH)–C–C–N with tert-alkyl or cyclic N) is 1. The van der Waals surface area contributed by atoms with E-state index in [1.165, 1.54) is 16.7 Å². The molecule has 0 unspecified atom stereocenters. The van der Waals surface area contributed by atoms with Gasteiger partial charge in [0.1, 0.15) is 11.6 Å². The number of hydrogen-bond acceptors (Lipinski definition) is 7. The van der Waals surface area contributed by atoms with E-state index in [-0.39, 0.29) is 6.61 Å². The van der Waals surface area contributed by atoms with E-state index in [2.05, 4.69) is 51.6 Å². The molecule has 176 valence electrons. The topological polar surface area (TPSA) is 91.1 Å². The van der Waals surface area contributed by atoms with Crippen LogP contribution in [0.15, 0.2) is 24.4 Å². The van der Waals surface area contributed by atoms with Gasteiger partial charge in [-0.25, -0.2) is 4.98 Å². The Kier molecular flexibility index (Phi) is 6.95. The Bertz CT molecular complexity index is 1120. The van der Waals surface area contributed by atoms with Gasteiger partial charge in [0.05, 0.1) is 12.3 Å². The summed E-state index contributed by atoms with van der Waals surface area (Å²) < 4.78 is 1.81. The van der Waals surface area contributed by atoms with Crippen molar-refractivity contribution in [3.63, 3.8) is 0 Å². The van der Waals surface area contributed by atoms with Gasteiger partial charge in [-0.15, -0.1) is 0 Å². The van der Waals surface area contributed by atoms with E-state index in [0.29, 0.717) is 11.9 Å². The Labute approximate surface area is 196 Å². The molecule has 8 heteroatoms. The van der Waals surface area contributed by atoms with Crippen LogP contribution in [0.1, 0.15) is 46.7 Å². The van der Waals surface area contributed by atoms with Crippen molar-refractivity contribution in [3.05, 3.63) is 52.3 Å². The lowest BCUT2D eigenvalue weighted by atomic mass is 9.85. The Balaban J connectivity index is 1.50. The van der Waals surface area contributed by atoms with Crippen LogP contribution < -0.4 is 10.6 Å². The van der Waals surface area contributed by atoms with Crippen LogP contribution in [0, 0.1) is 27.7 Å². The summed E-state index contributed by atoms with van der Waals surface area (Å²) >= 11 is 0. The second-order valence-corrected chi connectivity index (χ2v) is 9.13. The minimum absolute atomic E-state index is 0.239. The summed E-state index contributed by atoms with van der Waals surface area (Å²) in [7, 11) is 1.91. The third-order valence-corrected chi connectivity index (χ3v) is 6.52. The molecule has 0 atom stereocenters. The van der Waals surface area contributed by atoms with E-state index in [0.717, 1.165) is 61.1 Å². The number of aliphatic hydroxyl groups is 1. The molecule has 4 rings (SSSR count). The number of benzene rings is 1. The van der Waals surface area contributed by atoms with Crippen LogP contribution in [-0.4, -0.2) is 56.0 Å². The maximum atomic E-state index is 9.19. The summed E-state index contributed by atoms with van der Waals surface area (Å²) in [5, 5.41) is 20.4. The fourth-order valence-corrected chi connectivity index (χ4v) is 4.62. The molecule has 1 aliphatic heterocycles. The molecular formula is C25H35N7O. The highest BCUT2D eigenvalue weighted by Gasteiger charge is 2.22. The Morgan fingerprint density at radius 1 is 1.00 bits per heavy atom. The van der Waals surface area contributed by atoms with E-state index < -0.39 is 0 Å². The van der Waals surface area contributed by atoms with Crippen molar-refractivity contribution in [3.8, 4) is 0 Å². The first-order valence-corrected chi connectivity index (χ1v) is 11.7. The molecule has 33 heavy (non-hydrogen) atoms. The van der Waals surface area contributed by atoms with Crippen LogP contribution in [0.5, 0.6) is 0 Å². The fourth-order valence-electron chi connectivity index (χ4n) is 4.62. The van der Waals surface area contributed by atoms with Crippen molar-refractivity contribution in [1.29, 1.82) is 0 Å².